The van der Waals surface area contributed by atoms with Gasteiger partial charge in [-0.1, -0.05) is 17.4 Å². The topological polar surface area (TPSA) is 87.1 Å². The molecule has 4 heterocycles. The first kappa shape index (κ1) is 18.4. The highest BCUT2D eigenvalue weighted by Gasteiger charge is 2.35. The highest BCUT2D eigenvalue weighted by Crippen LogP contribution is 2.34. The summed E-state index contributed by atoms with van der Waals surface area (Å²) in [5, 5.41) is 32.9. The van der Waals surface area contributed by atoms with Gasteiger partial charge in [0.15, 0.2) is 5.82 Å². The van der Waals surface area contributed by atoms with Gasteiger partial charge in [-0.05, 0) is 56.9 Å². The second kappa shape index (κ2) is 7.35. The number of anilines is 1. The minimum Gasteiger partial charge on any atom is -0.507 e. The summed E-state index contributed by atoms with van der Waals surface area (Å²) in [6.07, 6.45) is 4.88. The van der Waals surface area contributed by atoms with Crippen molar-refractivity contribution in [2.75, 3.05) is 11.9 Å². The first-order valence-corrected chi connectivity index (χ1v) is 10.8. The minimum absolute atomic E-state index is 0.167. The molecule has 2 N–H and O–H groups in total. The molecule has 0 aliphatic carbocycles. The molecule has 3 aromatic rings. The van der Waals surface area contributed by atoms with E-state index in [0.717, 1.165) is 34.2 Å². The summed E-state index contributed by atoms with van der Waals surface area (Å²) in [5.74, 6) is 1.04. The number of fused-ring (bicyclic) bond motifs is 2. The highest BCUT2D eigenvalue weighted by atomic mass is 32.1. The van der Waals surface area contributed by atoms with Crippen LogP contribution in [0.4, 0.5) is 5.82 Å². The molecule has 5 rings (SSSR count). The number of piperidine rings is 1. The number of hydrogen-bond donors (Lipinski definition) is 2. The van der Waals surface area contributed by atoms with Crippen LogP contribution in [0.1, 0.15) is 30.7 Å². The summed E-state index contributed by atoms with van der Waals surface area (Å²) in [6.45, 7) is 1.91. The van der Waals surface area contributed by atoms with Crippen LogP contribution in [0.25, 0.3) is 21.8 Å². The van der Waals surface area contributed by atoms with Crippen molar-refractivity contribution < 1.29 is 5.11 Å². The average Bonchev–Trinajstić information content (AvgIpc) is 3.32. The molecule has 0 amide bonds. The molecule has 7 nitrogen and oxygen atoms in total. The molecule has 0 saturated carbocycles. The third-order valence-electron chi connectivity index (χ3n) is 6.05. The first-order chi connectivity index (χ1) is 14.1. The van der Waals surface area contributed by atoms with E-state index in [1.807, 2.05) is 31.2 Å². The number of benzene rings is 1. The zero-order chi connectivity index (χ0) is 20.0. The number of aryl methyl sites for hydroxylation is 1. The van der Waals surface area contributed by atoms with Gasteiger partial charge in [0.05, 0.1) is 5.69 Å². The van der Waals surface area contributed by atoms with Crippen LogP contribution in [0.3, 0.4) is 0 Å². The molecule has 3 atom stereocenters. The Labute approximate surface area is 173 Å². The fraction of sp³-hybridized carbons (Fsp3) is 0.429. The van der Waals surface area contributed by atoms with E-state index in [2.05, 4.69) is 37.7 Å². The smallest absolute Gasteiger partial charge is 0.151 e. The number of phenolic OH excluding ortho intramolecular Hbond substituents is 1. The van der Waals surface area contributed by atoms with E-state index in [9.17, 15) is 5.11 Å². The number of phenols is 1. The van der Waals surface area contributed by atoms with Crippen LogP contribution >= 0.6 is 11.3 Å². The molecular formula is C21H24N6OS. The number of rotatable bonds is 4. The monoisotopic (exact) mass is 408 g/mol. The molecule has 2 aliphatic rings. The zero-order valence-electron chi connectivity index (χ0n) is 16.5. The van der Waals surface area contributed by atoms with E-state index < -0.39 is 0 Å². The van der Waals surface area contributed by atoms with Crippen molar-refractivity contribution >= 4 is 17.2 Å². The van der Waals surface area contributed by atoms with Gasteiger partial charge in [-0.15, -0.1) is 20.4 Å². The molecule has 2 aromatic heterocycles. The van der Waals surface area contributed by atoms with Crippen molar-refractivity contribution in [3.05, 3.63) is 35.3 Å². The summed E-state index contributed by atoms with van der Waals surface area (Å²) in [6, 6.07) is 11.2. The maximum absolute atomic E-state index is 10.5. The minimum atomic E-state index is 0.167. The predicted molar refractivity (Wildman–Crippen MR) is 114 cm³/mol. The van der Waals surface area contributed by atoms with E-state index in [-0.39, 0.29) is 5.75 Å². The fourth-order valence-electron chi connectivity index (χ4n) is 4.48. The van der Waals surface area contributed by atoms with Crippen molar-refractivity contribution in [2.45, 2.75) is 50.7 Å². The van der Waals surface area contributed by atoms with Gasteiger partial charge >= 0.3 is 0 Å². The molecule has 2 bridgehead atoms. The maximum Gasteiger partial charge on any atom is 0.151 e. The maximum atomic E-state index is 10.5. The average molecular weight is 409 g/mol. The Hall–Kier alpha value is -2.58. The molecule has 150 valence electrons. The molecule has 1 aromatic carbocycles. The van der Waals surface area contributed by atoms with Gasteiger partial charge in [-0.2, -0.15) is 0 Å². The van der Waals surface area contributed by atoms with Crippen LogP contribution in [0.5, 0.6) is 5.75 Å². The van der Waals surface area contributed by atoms with Crippen LogP contribution in [-0.2, 0) is 0 Å². The van der Waals surface area contributed by atoms with Crippen molar-refractivity contribution in [3.8, 4) is 27.6 Å². The molecule has 0 radical (unpaired) electrons. The molecule has 8 heteroatoms. The highest BCUT2D eigenvalue weighted by molar-refractivity contribution is 7.14. The van der Waals surface area contributed by atoms with Gasteiger partial charge < -0.3 is 15.3 Å². The Bertz CT molecular complexity index is 1010. The van der Waals surface area contributed by atoms with Crippen LogP contribution < -0.4 is 10.2 Å². The van der Waals surface area contributed by atoms with E-state index >= 15 is 0 Å². The van der Waals surface area contributed by atoms with Gasteiger partial charge in [-0.3, -0.25) is 0 Å². The summed E-state index contributed by atoms with van der Waals surface area (Å²) in [4.78, 5) is 2.25. The number of aromatic hydroxyl groups is 1. The van der Waals surface area contributed by atoms with Crippen LogP contribution in [0.15, 0.2) is 30.3 Å². The van der Waals surface area contributed by atoms with Crippen LogP contribution in [0.2, 0.25) is 0 Å². The van der Waals surface area contributed by atoms with Gasteiger partial charge in [0.1, 0.15) is 15.8 Å². The number of hydrogen-bond acceptors (Lipinski definition) is 8. The first-order valence-electron chi connectivity index (χ1n) is 10.0. The Morgan fingerprint density at radius 1 is 1.03 bits per heavy atom. The van der Waals surface area contributed by atoms with Crippen molar-refractivity contribution in [3.63, 3.8) is 0 Å². The van der Waals surface area contributed by atoms with Crippen molar-refractivity contribution in [1.29, 1.82) is 0 Å². The Kier molecular flexibility index (Phi) is 4.67. The largest absolute Gasteiger partial charge is 0.507 e. The summed E-state index contributed by atoms with van der Waals surface area (Å²) >= 11 is 1.50. The van der Waals surface area contributed by atoms with Crippen molar-refractivity contribution in [1.82, 2.24) is 25.7 Å². The summed E-state index contributed by atoms with van der Waals surface area (Å²) < 4.78 is 0. The zero-order valence-corrected chi connectivity index (χ0v) is 17.4. The summed E-state index contributed by atoms with van der Waals surface area (Å²) in [5.41, 5.74) is 2.17. The van der Waals surface area contributed by atoms with Crippen LogP contribution in [-0.4, -0.2) is 50.7 Å². The van der Waals surface area contributed by atoms with Gasteiger partial charge in [-0.25, -0.2) is 0 Å². The second-order valence-electron chi connectivity index (χ2n) is 8.01. The predicted octanol–water partition coefficient (Wildman–Crippen LogP) is 3.40. The van der Waals surface area contributed by atoms with Crippen LogP contribution in [0, 0.1) is 6.92 Å². The molecule has 0 spiro atoms. The summed E-state index contributed by atoms with van der Waals surface area (Å²) in [7, 11) is 2.11. The number of nitrogens with zero attached hydrogens (tertiary/aromatic N) is 5. The Morgan fingerprint density at radius 3 is 2.45 bits per heavy atom. The third kappa shape index (κ3) is 3.58. The van der Waals surface area contributed by atoms with E-state index in [4.69, 9.17) is 0 Å². The van der Waals surface area contributed by atoms with E-state index in [1.54, 1.807) is 6.07 Å². The fourth-order valence-corrected chi connectivity index (χ4v) is 5.17. The van der Waals surface area contributed by atoms with E-state index in [0.29, 0.717) is 29.4 Å². The van der Waals surface area contributed by atoms with E-state index in [1.165, 1.54) is 24.2 Å². The van der Waals surface area contributed by atoms with Gasteiger partial charge in [0, 0.05) is 36.3 Å². The molecule has 1 unspecified atom stereocenters. The van der Waals surface area contributed by atoms with Gasteiger partial charge in [0.2, 0.25) is 0 Å². The van der Waals surface area contributed by atoms with Crippen molar-refractivity contribution in [2.24, 2.45) is 0 Å². The lowest BCUT2D eigenvalue weighted by atomic mass is 9.98. The lowest BCUT2D eigenvalue weighted by molar-refractivity contribution is 0.353. The lowest BCUT2D eigenvalue weighted by Crippen LogP contribution is -2.47. The Morgan fingerprint density at radius 2 is 1.83 bits per heavy atom. The molecule has 2 aliphatic heterocycles. The number of nitrogens with one attached hydrogen (secondary N) is 1. The standard InChI is InChI=1S/C21H24N6OS/c1-12-23-26-21(29-12)13-3-6-17(19(28)9-13)18-7-8-20(25-24-18)27(2)16-10-14-4-5-15(11-16)22-14/h3,6-9,14-16,22,28H,4-5,10-11H2,1-2H3/t14-,15+,16?. The molecule has 2 saturated heterocycles. The SMILES string of the molecule is Cc1nnc(-c2ccc(-c3ccc(N(C)C4C[C@H]5CC[C@@H](C4)N5)nn3)c(O)c2)s1. The second-order valence-corrected chi connectivity index (χ2v) is 9.19. The quantitative estimate of drug-likeness (QED) is 0.684. The molecular weight excluding hydrogens is 384 g/mol. The third-order valence-corrected chi connectivity index (χ3v) is 6.94. The molecule has 2 fully saturated rings. The normalized spacial score (nSPS) is 23.3. The number of aromatic nitrogens is 4. The molecule has 29 heavy (non-hydrogen) atoms. The Balaban J connectivity index is 1.34. The lowest BCUT2D eigenvalue weighted by Gasteiger charge is -2.36. The van der Waals surface area contributed by atoms with Gasteiger partial charge in [0.25, 0.3) is 0 Å².